The number of carbonyl (C=O) groups is 4. The van der Waals surface area contributed by atoms with E-state index in [0.717, 1.165) is 30.3 Å². The summed E-state index contributed by atoms with van der Waals surface area (Å²) in [5, 5.41) is 15.7. The van der Waals surface area contributed by atoms with Crippen molar-refractivity contribution >= 4 is 45.9 Å². The van der Waals surface area contributed by atoms with Gasteiger partial charge in [-0.1, -0.05) is 49.3 Å². The first kappa shape index (κ1) is 34.9. The van der Waals surface area contributed by atoms with Crippen LogP contribution in [-0.4, -0.2) is 89.7 Å². The fraction of sp³-hybridized carbons (Fsp3) is 0.447. The number of benzene rings is 2. The molecule has 7 rings (SSSR count). The molecule has 3 unspecified atom stereocenters. The van der Waals surface area contributed by atoms with E-state index < -0.39 is 53.2 Å². The number of amides is 3. The van der Waals surface area contributed by atoms with Gasteiger partial charge in [-0.3, -0.25) is 9.59 Å². The molecule has 2 aromatic heterocycles. The fourth-order valence-corrected chi connectivity index (χ4v) is 7.04. The molecule has 1 saturated carbocycles. The van der Waals surface area contributed by atoms with Crippen molar-refractivity contribution in [3.63, 3.8) is 0 Å². The minimum Gasteiger partial charge on any atom is -0.479 e. The summed E-state index contributed by atoms with van der Waals surface area (Å²) in [4.78, 5) is 73.0. The Kier molecular flexibility index (Phi) is 9.32. The molecule has 2 aromatic carbocycles. The molecule has 52 heavy (non-hydrogen) atoms. The molecule has 2 aliphatic heterocycles. The molecule has 0 radical (unpaired) electrons. The van der Waals surface area contributed by atoms with E-state index in [1.807, 2.05) is 60.7 Å². The number of imidazole rings is 1. The largest absolute Gasteiger partial charge is 0.479 e. The van der Waals surface area contributed by atoms with Gasteiger partial charge in [0.1, 0.15) is 29.3 Å². The van der Waals surface area contributed by atoms with Gasteiger partial charge in [0.15, 0.2) is 11.5 Å². The molecular formula is C38H43N7O7. The number of allylic oxidation sites excluding steroid dienone is 1. The summed E-state index contributed by atoms with van der Waals surface area (Å²) in [6.07, 6.45) is 5.94. The van der Waals surface area contributed by atoms with Crippen molar-refractivity contribution in [2.24, 2.45) is 5.92 Å². The zero-order chi connectivity index (χ0) is 36.6. The van der Waals surface area contributed by atoms with Crippen LogP contribution in [0.1, 0.15) is 65.7 Å². The summed E-state index contributed by atoms with van der Waals surface area (Å²) >= 11 is 0. The van der Waals surface area contributed by atoms with Crippen LogP contribution in [0.4, 0.5) is 4.79 Å². The molecule has 14 nitrogen and oxygen atoms in total. The number of carboxylic acid groups (broad SMARTS) is 1. The van der Waals surface area contributed by atoms with Gasteiger partial charge in [0.05, 0.1) is 28.6 Å². The highest BCUT2D eigenvalue weighted by Gasteiger charge is 2.61. The molecule has 4 aromatic rings. The molecule has 1 saturated heterocycles. The van der Waals surface area contributed by atoms with Crippen molar-refractivity contribution in [3.05, 3.63) is 60.7 Å². The number of nitrogens with zero attached hydrogens (tertiary/aromatic N) is 4. The molecule has 0 bridgehead atoms. The zero-order valence-electron chi connectivity index (χ0n) is 29.4. The minimum atomic E-state index is -1.46. The second kappa shape index (κ2) is 13.9. The minimum absolute atomic E-state index is 0.0269. The number of alkyl carbamates (subject to hydrolysis) is 1. The lowest BCUT2D eigenvalue weighted by molar-refractivity contribution is -0.145. The van der Waals surface area contributed by atoms with E-state index in [2.05, 4.69) is 15.6 Å². The number of ether oxygens (including phenoxy) is 2. The van der Waals surface area contributed by atoms with Crippen molar-refractivity contribution in [2.75, 3.05) is 6.54 Å². The normalized spacial score (nSPS) is 26.0. The van der Waals surface area contributed by atoms with Crippen LogP contribution in [0, 0.1) is 5.92 Å². The second-order valence-electron chi connectivity index (χ2n) is 14.8. The van der Waals surface area contributed by atoms with Crippen LogP contribution in [0.15, 0.2) is 60.7 Å². The van der Waals surface area contributed by atoms with Gasteiger partial charge >= 0.3 is 12.1 Å². The predicted molar refractivity (Wildman–Crippen MR) is 191 cm³/mol. The fourth-order valence-electron chi connectivity index (χ4n) is 7.04. The molecule has 14 heteroatoms. The lowest BCUT2D eigenvalue weighted by atomic mass is 10.0. The standard InChI is InChI=1S/C38H43N7O7/c1-37(2,3)52-36(50)43-28-18-8-6-4-5-7-13-22-20-38(22,35(48)49)44-32(46)29-19-23(21-45(29)34(28)47)51-33-30(39-24-14-9-12-17-27(24)42-33)31-40-25-15-10-11-16-26(25)41-31/h7,9-17,22-23,28-29H,4-6,8,18-21H2,1-3H3,(H,40,41)(H,43,50)(H,44,46)(H,48,49)/b13-7-/t22?,23-,28-,29?,38?/m1/s1. The van der Waals surface area contributed by atoms with Gasteiger partial charge in [0, 0.05) is 12.3 Å². The Morgan fingerprint density at radius 1 is 0.981 bits per heavy atom. The van der Waals surface area contributed by atoms with E-state index >= 15 is 0 Å². The summed E-state index contributed by atoms with van der Waals surface area (Å²) < 4.78 is 12.0. The lowest BCUT2D eigenvalue weighted by Crippen LogP contribution is -2.56. The molecule has 1 aliphatic carbocycles. The second-order valence-corrected chi connectivity index (χ2v) is 14.8. The average Bonchev–Trinajstić information content (AvgIpc) is 3.40. The van der Waals surface area contributed by atoms with E-state index in [1.165, 1.54) is 4.90 Å². The Morgan fingerprint density at radius 2 is 1.71 bits per heavy atom. The third kappa shape index (κ3) is 7.28. The first-order chi connectivity index (χ1) is 24.9. The van der Waals surface area contributed by atoms with Gasteiger partial charge < -0.3 is 35.1 Å². The molecular weight excluding hydrogens is 666 g/mol. The molecule has 4 heterocycles. The number of hydrogen-bond acceptors (Lipinski definition) is 9. The number of aromatic amines is 1. The van der Waals surface area contributed by atoms with Gasteiger partial charge in [-0.15, -0.1) is 0 Å². The molecule has 3 amide bonds. The third-order valence-electron chi connectivity index (χ3n) is 9.74. The highest BCUT2D eigenvalue weighted by Crippen LogP contribution is 2.45. The smallest absolute Gasteiger partial charge is 0.408 e. The number of rotatable bonds is 5. The summed E-state index contributed by atoms with van der Waals surface area (Å²) in [6, 6.07) is 12.8. The van der Waals surface area contributed by atoms with Gasteiger partial charge in [0.25, 0.3) is 0 Å². The SMILES string of the molecule is CC(C)(C)OC(=O)N[C@@H]1CCCCC/C=C\C2CC2(C(=O)O)NC(=O)C2C[C@@H](Oc3nc4ccccc4nc3-c3nc4ccccc4[nH]3)CN2C1=O. The van der Waals surface area contributed by atoms with E-state index in [9.17, 15) is 24.3 Å². The summed E-state index contributed by atoms with van der Waals surface area (Å²) in [6.45, 7) is 5.18. The zero-order valence-corrected chi connectivity index (χ0v) is 29.4. The molecule has 5 atom stereocenters. The van der Waals surface area contributed by atoms with Crippen LogP contribution in [0.5, 0.6) is 5.88 Å². The quantitative estimate of drug-likeness (QED) is 0.208. The van der Waals surface area contributed by atoms with Gasteiger partial charge in [-0.05, 0) is 70.7 Å². The van der Waals surface area contributed by atoms with Crippen LogP contribution < -0.4 is 15.4 Å². The van der Waals surface area contributed by atoms with Crippen molar-refractivity contribution < 1.29 is 33.8 Å². The van der Waals surface area contributed by atoms with E-state index in [4.69, 9.17) is 24.4 Å². The van der Waals surface area contributed by atoms with Crippen LogP contribution >= 0.6 is 0 Å². The van der Waals surface area contributed by atoms with Gasteiger partial charge in [-0.25, -0.2) is 24.5 Å². The maximum absolute atomic E-state index is 14.4. The number of carbonyl (C=O) groups excluding carboxylic acids is 3. The maximum atomic E-state index is 14.4. The number of para-hydroxylation sites is 4. The number of hydrogen-bond donors (Lipinski definition) is 4. The number of aromatic nitrogens is 4. The Hall–Kier alpha value is -5.53. The Bertz CT molecular complexity index is 2020. The van der Waals surface area contributed by atoms with Crippen LogP contribution in [0.3, 0.4) is 0 Å². The van der Waals surface area contributed by atoms with Crippen LogP contribution in [0.2, 0.25) is 0 Å². The lowest BCUT2D eigenvalue weighted by Gasteiger charge is -2.30. The van der Waals surface area contributed by atoms with E-state index in [0.29, 0.717) is 35.4 Å². The number of carboxylic acids is 1. The molecule has 272 valence electrons. The highest BCUT2D eigenvalue weighted by molar-refractivity contribution is 5.96. The number of fused-ring (bicyclic) bond motifs is 4. The predicted octanol–water partition coefficient (Wildman–Crippen LogP) is 4.89. The van der Waals surface area contributed by atoms with Crippen LogP contribution in [0.25, 0.3) is 33.6 Å². The first-order valence-corrected chi connectivity index (χ1v) is 17.8. The summed E-state index contributed by atoms with van der Waals surface area (Å²) in [5.41, 5.74) is 0.844. The van der Waals surface area contributed by atoms with Crippen molar-refractivity contribution in [1.82, 2.24) is 35.5 Å². The number of nitrogens with one attached hydrogen (secondary N) is 3. The Morgan fingerprint density at radius 3 is 2.44 bits per heavy atom. The number of H-pyrrole nitrogens is 1. The topological polar surface area (TPSA) is 189 Å². The van der Waals surface area contributed by atoms with Gasteiger partial charge in [-0.2, -0.15) is 0 Å². The summed E-state index contributed by atoms with van der Waals surface area (Å²) in [7, 11) is 0. The first-order valence-electron chi connectivity index (χ1n) is 17.8. The van der Waals surface area contributed by atoms with E-state index in [-0.39, 0.29) is 31.2 Å². The third-order valence-corrected chi connectivity index (χ3v) is 9.74. The highest BCUT2D eigenvalue weighted by atomic mass is 16.6. The Balaban J connectivity index is 1.23. The van der Waals surface area contributed by atoms with Crippen molar-refractivity contribution in [3.8, 4) is 17.4 Å². The van der Waals surface area contributed by atoms with Crippen LogP contribution in [-0.2, 0) is 19.1 Å². The molecule has 2 fully saturated rings. The van der Waals surface area contributed by atoms with E-state index in [1.54, 1.807) is 20.8 Å². The molecule has 4 N–H and O–H groups in total. The van der Waals surface area contributed by atoms with Gasteiger partial charge in [0.2, 0.25) is 17.7 Å². The molecule has 3 aliphatic rings. The Labute approximate surface area is 300 Å². The maximum Gasteiger partial charge on any atom is 0.408 e. The number of aliphatic carboxylic acids is 1. The monoisotopic (exact) mass is 709 g/mol. The van der Waals surface area contributed by atoms with Crippen molar-refractivity contribution in [1.29, 1.82) is 0 Å². The average molecular weight is 710 g/mol. The summed E-state index contributed by atoms with van der Waals surface area (Å²) in [5.74, 6) is -1.98. The molecule has 0 spiro atoms. The van der Waals surface area contributed by atoms with Crippen molar-refractivity contribution in [2.45, 2.75) is 95.0 Å².